The van der Waals surface area contributed by atoms with E-state index in [1.54, 1.807) is 43.3 Å². The number of ether oxygens (including phenoxy) is 1. The van der Waals surface area contributed by atoms with Crippen LogP contribution < -0.4 is 10.6 Å². The number of nitro benzene ring substituents is 1. The third kappa shape index (κ3) is 6.55. The Hall–Kier alpha value is -3.13. The van der Waals surface area contributed by atoms with Crippen molar-refractivity contribution in [2.24, 2.45) is 0 Å². The maximum atomic E-state index is 11.9. The molecule has 28 heavy (non-hydrogen) atoms. The van der Waals surface area contributed by atoms with Crippen LogP contribution >= 0.6 is 11.6 Å². The molecule has 0 atom stereocenters. The SMILES string of the molecule is Cc1cc(Cl)ccc1NC(=O)COC(=O)CCCNc1ccccc1[N+](=O)[O-]. The molecule has 2 rings (SSSR count). The first-order chi connectivity index (χ1) is 13.4. The van der Waals surface area contributed by atoms with Crippen molar-refractivity contribution in [1.82, 2.24) is 0 Å². The Morgan fingerprint density at radius 1 is 1.18 bits per heavy atom. The highest BCUT2D eigenvalue weighted by molar-refractivity contribution is 6.30. The number of carbonyl (C=O) groups excluding carboxylic acids is 2. The highest BCUT2D eigenvalue weighted by Crippen LogP contribution is 2.23. The molecule has 0 aliphatic carbocycles. The number of para-hydroxylation sites is 2. The molecule has 8 nitrogen and oxygen atoms in total. The number of nitrogens with one attached hydrogen (secondary N) is 2. The summed E-state index contributed by atoms with van der Waals surface area (Å²) < 4.78 is 4.94. The number of carbonyl (C=O) groups is 2. The van der Waals surface area contributed by atoms with E-state index in [0.717, 1.165) is 5.56 Å². The van der Waals surface area contributed by atoms with Gasteiger partial charge in [-0.05, 0) is 43.2 Å². The third-order valence-electron chi connectivity index (χ3n) is 3.80. The lowest BCUT2D eigenvalue weighted by molar-refractivity contribution is -0.384. The van der Waals surface area contributed by atoms with Gasteiger partial charge in [-0.15, -0.1) is 0 Å². The Kier molecular flexibility index (Phi) is 7.76. The van der Waals surface area contributed by atoms with E-state index in [0.29, 0.717) is 29.4 Å². The summed E-state index contributed by atoms with van der Waals surface area (Å²) in [5.41, 5.74) is 1.75. The topological polar surface area (TPSA) is 111 Å². The molecular weight excluding hydrogens is 386 g/mol. The van der Waals surface area contributed by atoms with Gasteiger partial charge >= 0.3 is 5.97 Å². The molecule has 0 aliphatic rings. The number of anilines is 2. The summed E-state index contributed by atoms with van der Waals surface area (Å²) in [4.78, 5) is 34.1. The Bertz CT molecular complexity index is 872. The van der Waals surface area contributed by atoms with Crippen LogP contribution in [0.1, 0.15) is 18.4 Å². The fourth-order valence-corrected chi connectivity index (χ4v) is 2.64. The molecule has 9 heteroatoms. The number of benzene rings is 2. The zero-order valence-corrected chi connectivity index (χ0v) is 16.0. The number of hydrogen-bond donors (Lipinski definition) is 2. The molecule has 0 bridgehead atoms. The molecule has 0 spiro atoms. The van der Waals surface area contributed by atoms with Gasteiger partial charge in [0.1, 0.15) is 5.69 Å². The van der Waals surface area contributed by atoms with Gasteiger partial charge < -0.3 is 15.4 Å². The van der Waals surface area contributed by atoms with E-state index in [2.05, 4.69) is 10.6 Å². The monoisotopic (exact) mass is 405 g/mol. The fourth-order valence-electron chi connectivity index (χ4n) is 2.41. The fraction of sp³-hybridized carbons (Fsp3) is 0.263. The van der Waals surface area contributed by atoms with Crippen molar-refractivity contribution < 1.29 is 19.2 Å². The van der Waals surface area contributed by atoms with E-state index >= 15 is 0 Å². The second-order valence-electron chi connectivity index (χ2n) is 5.97. The van der Waals surface area contributed by atoms with Gasteiger partial charge in [-0.1, -0.05) is 23.7 Å². The van der Waals surface area contributed by atoms with Crippen molar-refractivity contribution in [3.05, 3.63) is 63.2 Å². The minimum Gasteiger partial charge on any atom is -0.456 e. The molecule has 0 heterocycles. The van der Waals surface area contributed by atoms with E-state index in [1.165, 1.54) is 6.07 Å². The van der Waals surface area contributed by atoms with Gasteiger partial charge in [0, 0.05) is 29.7 Å². The minimum absolute atomic E-state index is 0.0285. The van der Waals surface area contributed by atoms with Crippen LogP contribution in [-0.2, 0) is 14.3 Å². The summed E-state index contributed by atoms with van der Waals surface area (Å²) in [6, 6.07) is 11.3. The molecule has 1 amide bonds. The predicted molar refractivity (Wildman–Crippen MR) is 107 cm³/mol. The Morgan fingerprint density at radius 2 is 1.93 bits per heavy atom. The number of halogens is 1. The summed E-state index contributed by atoms with van der Waals surface area (Å²) in [7, 11) is 0. The number of nitrogens with zero attached hydrogens (tertiary/aromatic N) is 1. The van der Waals surface area contributed by atoms with E-state index in [1.807, 2.05) is 0 Å². The molecule has 2 aromatic carbocycles. The van der Waals surface area contributed by atoms with Crippen LogP contribution in [0.3, 0.4) is 0 Å². The van der Waals surface area contributed by atoms with Crippen LogP contribution in [-0.4, -0.2) is 30.0 Å². The lowest BCUT2D eigenvalue weighted by atomic mass is 10.2. The highest BCUT2D eigenvalue weighted by Gasteiger charge is 2.12. The van der Waals surface area contributed by atoms with Gasteiger partial charge in [-0.2, -0.15) is 0 Å². The lowest BCUT2D eigenvalue weighted by Gasteiger charge is -2.09. The first-order valence-electron chi connectivity index (χ1n) is 8.55. The van der Waals surface area contributed by atoms with Gasteiger partial charge in [-0.25, -0.2) is 0 Å². The zero-order valence-electron chi connectivity index (χ0n) is 15.2. The van der Waals surface area contributed by atoms with Crippen LogP contribution in [0.25, 0.3) is 0 Å². The molecule has 148 valence electrons. The van der Waals surface area contributed by atoms with Gasteiger partial charge in [0.25, 0.3) is 11.6 Å². The maximum absolute atomic E-state index is 11.9. The number of esters is 1. The number of nitro groups is 1. The van der Waals surface area contributed by atoms with Gasteiger partial charge in [0.15, 0.2) is 6.61 Å². The van der Waals surface area contributed by atoms with Crippen molar-refractivity contribution >= 4 is 40.5 Å². The maximum Gasteiger partial charge on any atom is 0.306 e. The normalized spacial score (nSPS) is 10.2. The standard InChI is InChI=1S/C19H20ClN3O5/c1-13-11-14(20)8-9-15(13)22-18(24)12-28-19(25)7-4-10-21-16-5-2-3-6-17(16)23(26)27/h2-3,5-6,8-9,11,21H,4,7,10,12H2,1H3,(H,22,24). The molecule has 0 aromatic heterocycles. The Morgan fingerprint density at radius 3 is 2.64 bits per heavy atom. The van der Waals surface area contributed by atoms with E-state index in [9.17, 15) is 19.7 Å². The molecule has 0 saturated carbocycles. The minimum atomic E-state index is -0.521. The molecule has 0 unspecified atom stereocenters. The van der Waals surface area contributed by atoms with Crippen LogP contribution in [0.5, 0.6) is 0 Å². The first kappa shape index (κ1) is 21.2. The van der Waals surface area contributed by atoms with Crippen molar-refractivity contribution in [3.63, 3.8) is 0 Å². The van der Waals surface area contributed by atoms with Crippen molar-refractivity contribution in [2.75, 3.05) is 23.8 Å². The quantitative estimate of drug-likeness (QED) is 0.283. The smallest absolute Gasteiger partial charge is 0.306 e. The largest absolute Gasteiger partial charge is 0.456 e. The molecule has 2 aromatic rings. The first-order valence-corrected chi connectivity index (χ1v) is 8.93. The van der Waals surface area contributed by atoms with Crippen LogP contribution in [0.2, 0.25) is 5.02 Å². The highest BCUT2D eigenvalue weighted by atomic mass is 35.5. The number of aryl methyl sites for hydroxylation is 1. The molecule has 0 fully saturated rings. The van der Waals surface area contributed by atoms with E-state index in [-0.39, 0.29) is 12.1 Å². The van der Waals surface area contributed by atoms with E-state index in [4.69, 9.17) is 16.3 Å². The van der Waals surface area contributed by atoms with Gasteiger partial charge in [0.05, 0.1) is 4.92 Å². The summed E-state index contributed by atoms with van der Waals surface area (Å²) >= 11 is 5.86. The Balaban J connectivity index is 1.69. The van der Waals surface area contributed by atoms with Crippen LogP contribution in [0.4, 0.5) is 17.1 Å². The Labute approximate surface area is 167 Å². The number of hydrogen-bond acceptors (Lipinski definition) is 6. The number of amides is 1. The molecule has 2 N–H and O–H groups in total. The van der Waals surface area contributed by atoms with Crippen molar-refractivity contribution in [3.8, 4) is 0 Å². The zero-order chi connectivity index (χ0) is 20.5. The molecule has 0 saturated heterocycles. The predicted octanol–water partition coefficient (Wildman–Crippen LogP) is 3.93. The lowest BCUT2D eigenvalue weighted by Crippen LogP contribution is -2.21. The number of rotatable bonds is 9. The molecule has 0 radical (unpaired) electrons. The molecular formula is C19H20ClN3O5. The van der Waals surface area contributed by atoms with E-state index < -0.39 is 23.4 Å². The van der Waals surface area contributed by atoms with Crippen LogP contribution in [0, 0.1) is 17.0 Å². The average molecular weight is 406 g/mol. The third-order valence-corrected chi connectivity index (χ3v) is 4.04. The summed E-state index contributed by atoms with van der Waals surface area (Å²) in [6.07, 6.45) is 0.490. The summed E-state index contributed by atoms with van der Waals surface area (Å²) in [5, 5.41) is 17.1. The van der Waals surface area contributed by atoms with Gasteiger partial charge in [0.2, 0.25) is 0 Å². The average Bonchev–Trinajstić information content (AvgIpc) is 2.66. The second kappa shape index (κ2) is 10.3. The van der Waals surface area contributed by atoms with Crippen molar-refractivity contribution in [2.45, 2.75) is 19.8 Å². The summed E-state index contributed by atoms with van der Waals surface area (Å²) in [6.45, 7) is 1.77. The molecule has 0 aliphatic heterocycles. The summed E-state index contributed by atoms with van der Waals surface area (Å²) in [5.74, 6) is -0.968. The van der Waals surface area contributed by atoms with Crippen molar-refractivity contribution in [1.29, 1.82) is 0 Å². The van der Waals surface area contributed by atoms with Crippen LogP contribution in [0.15, 0.2) is 42.5 Å². The van der Waals surface area contributed by atoms with Gasteiger partial charge in [-0.3, -0.25) is 19.7 Å². The second-order valence-corrected chi connectivity index (χ2v) is 6.41.